The topological polar surface area (TPSA) is 84.9 Å². The second-order valence-corrected chi connectivity index (χ2v) is 8.78. The fourth-order valence-corrected chi connectivity index (χ4v) is 4.84. The molecular formula is C21H26N2O5S. The van der Waals surface area contributed by atoms with Crippen LogP contribution in [0.15, 0.2) is 53.4 Å². The molecule has 156 valence electrons. The lowest BCUT2D eigenvalue weighted by Crippen LogP contribution is -2.29. The monoisotopic (exact) mass is 418 g/mol. The number of carbonyl (C=O) groups excluding carboxylic acids is 1. The van der Waals surface area contributed by atoms with Gasteiger partial charge in [0.05, 0.1) is 18.1 Å². The van der Waals surface area contributed by atoms with Crippen LogP contribution in [-0.2, 0) is 14.8 Å². The van der Waals surface area contributed by atoms with Gasteiger partial charge in [-0.1, -0.05) is 12.1 Å². The number of hydrogen-bond donors (Lipinski definition) is 1. The lowest BCUT2D eigenvalue weighted by atomic mass is 10.1. The van der Waals surface area contributed by atoms with Crippen molar-refractivity contribution in [3.8, 4) is 5.75 Å². The second kappa shape index (κ2) is 9.39. The highest BCUT2D eigenvalue weighted by Crippen LogP contribution is 2.22. The Labute approximate surface area is 171 Å². The highest BCUT2D eigenvalue weighted by atomic mass is 32.2. The molecule has 1 aliphatic rings. The highest BCUT2D eigenvalue weighted by Gasteiger charge is 2.27. The van der Waals surface area contributed by atoms with Crippen molar-refractivity contribution >= 4 is 15.9 Å². The Morgan fingerprint density at radius 3 is 2.41 bits per heavy atom. The number of hydrogen-bond acceptors (Lipinski definition) is 5. The maximum Gasteiger partial charge on any atom is 0.251 e. The summed E-state index contributed by atoms with van der Waals surface area (Å²) in [7, 11) is -0.313. The summed E-state index contributed by atoms with van der Waals surface area (Å²) in [5, 5.41) is 2.83. The Morgan fingerprint density at radius 2 is 1.79 bits per heavy atom. The van der Waals surface area contributed by atoms with E-state index < -0.39 is 10.0 Å². The molecule has 2 aromatic rings. The van der Waals surface area contributed by atoms with Gasteiger partial charge in [-0.05, 0) is 54.8 Å². The summed E-state index contributed by atoms with van der Waals surface area (Å²) in [5.41, 5.74) is 1.28. The van der Waals surface area contributed by atoms with Gasteiger partial charge in [-0.3, -0.25) is 4.79 Å². The molecule has 8 heteroatoms. The summed E-state index contributed by atoms with van der Waals surface area (Å²) < 4.78 is 37.4. The molecule has 1 amide bonds. The predicted octanol–water partition coefficient (Wildman–Crippen LogP) is 2.60. The van der Waals surface area contributed by atoms with E-state index in [0.29, 0.717) is 24.4 Å². The number of rotatable bonds is 8. The predicted molar refractivity (Wildman–Crippen MR) is 110 cm³/mol. The third-order valence-electron chi connectivity index (χ3n) is 5.02. The molecule has 0 aliphatic carbocycles. The minimum atomic E-state index is -3.48. The molecule has 1 fully saturated rings. The standard InChI is InChI=1S/C21H26N2O5S/c1-27-18-7-5-6-17(14-18)20(28-2)15-22-21(24)16-8-10-19(11-9-16)29(25,26)23-12-3-4-13-23/h5-11,14,20H,3-4,12-13,15H2,1-2H3,(H,22,24). The van der Waals surface area contributed by atoms with Gasteiger partial charge >= 0.3 is 0 Å². The number of methoxy groups -OCH3 is 2. The number of nitrogens with zero attached hydrogens (tertiary/aromatic N) is 1. The van der Waals surface area contributed by atoms with Crippen LogP contribution >= 0.6 is 0 Å². The molecule has 1 aliphatic heterocycles. The van der Waals surface area contributed by atoms with Crippen LogP contribution in [0, 0.1) is 0 Å². The summed E-state index contributed by atoms with van der Waals surface area (Å²) in [6, 6.07) is 13.5. The van der Waals surface area contributed by atoms with E-state index in [1.54, 1.807) is 14.2 Å². The number of amides is 1. The van der Waals surface area contributed by atoms with Crippen LogP contribution in [0.4, 0.5) is 0 Å². The van der Waals surface area contributed by atoms with E-state index in [0.717, 1.165) is 18.4 Å². The SMILES string of the molecule is COc1cccc(C(CNC(=O)c2ccc(S(=O)(=O)N3CCCC3)cc2)OC)c1. The quantitative estimate of drug-likeness (QED) is 0.712. The molecule has 1 atom stereocenters. The molecule has 1 heterocycles. The van der Waals surface area contributed by atoms with Crippen LogP contribution in [0.2, 0.25) is 0 Å². The van der Waals surface area contributed by atoms with Crippen LogP contribution in [-0.4, -0.2) is 52.5 Å². The highest BCUT2D eigenvalue weighted by molar-refractivity contribution is 7.89. The molecule has 3 rings (SSSR count). The van der Waals surface area contributed by atoms with E-state index in [4.69, 9.17) is 9.47 Å². The number of nitrogens with one attached hydrogen (secondary N) is 1. The van der Waals surface area contributed by atoms with Gasteiger partial charge in [0.15, 0.2) is 0 Å². The van der Waals surface area contributed by atoms with Crippen molar-refractivity contribution in [3.05, 3.63) is 59.7 Å². The number of carbonyl (C=O) groups is 1. The van der Waals surface area contributed by atoms with Gasteiger partial charge in [-0.15, -0.1) is 0 Å². The summed E-state index contributed by atoms with van der Waals surface area (Å²) >= 11 is 0. The third kappa shape index (κ3) is 4.95. The maximum atomic E-state index is 12.6. The van der Waals surface area contributed by atoms with Crippen molar-refractivity contribution in [2.75, 3.05) is 33.9 Å². The zero-order valence-electron chi connectivity index (χ0n) is 16.6. The molecular weight excluding hydrogens is 392 g/mol. The fraction of sp³-hybridized carbons (Fsp3) is 0.381. The van der Waals surface area contributed by atoms with Crippen molar-refractivity contribution in [2.45, 2.75) is 23.8 Å². The average Bonchev–Trinajstić information content (AvgIpc) is 3.30. The summed E-state index contributed by atoms with van der Waals surface area (Å²) in [5.74, 6) is 0.422. The van der Waals surface area contributed by atoms with Gasteiger partial charge < -0.3 is 14.8 Å². The van der Waals surface area contributed by atoms with Crippen LogP contribution in [0.25, 0.3) is 0 Å². The molecule has 1 unspecified atom stereocenters. The van der Waals surface area contributed by atoms with Gasteiger partial charge in [-0.25, -0.2) is 8.42 Å². The number of benzene rings is 2. The van der Waals surface area contributed by atoms with E-state index in [2.05, 4.69) is 5.32 Å². The van der Waals surface area contributed by atoms with E-state index in [1.165, 1.54) is 28.6 Å². The third-order valence-corrected chi connectivity index (χ3v) is 6.93. The van der Waals surface area contributed by atoms with Gasteiger partial charge in [0.1, 0.15) is 5.75 Å². The van der Waals surface area contributed by atoms with Crippen LogP contribution in [0.3, 0.4) is 0 Å². The van der Waals surface area contributed by atoms with Crippen molar-refractivity contribution in [3.63, 3.8) is 0 Å². The minimum Gasteiger partial charge on any atom is -0.497 e. The number of ether oxygens (including phenoxy) is 2. The van der Waals surface area contributed by atoms with Crippen molar-refractivity contribution in [1.29, 1.82) is 0 Å². The van der Waals surface area contributed by atoms with Crippen molar-refractivity contribution < 1.29 is 22.7 Å². The van der Waals surface area contributed by atoms with E-state index in [9.17, 15) is 13.2 Å². The van der Waals surface area contributed by atoms with Gasteiger partial charge in [0, 0.05) is 32.3 Å². The normalized spacial score (nSPS) is 15.8. The van der Waals surface area contributed by atoms with Crippen LogP contribution < -0.4 is 10.1 Å². The fourth-order valence-electron chi connectivity index (χ4n) is 3.32. The molecule has 7 nitrogen and oxygen atoms in total. The molecule has 0 spiro atoms. The Kier molecular flexibility index (Phi) is 6.89. The Hall–Kier alpha value is -2.42. The van der Waals surface area contributed by atoms with E-state index in [-0.39, 0.29) is 23.5 Å². The molecule has 2 aromatic carbocycles. The zero-order chi connectivity index (χ0) is 20.9. The molecule has 1 saturated heterocycles. The number of sulfonamides is 1. The van der Waals surface area contributed by atoms with E-state index >= 15 is 0 Å². The van der Waals surface area contributed by atoms with Crippen molar-refractivity contribution in [2.24, 2.45) is 0 Å². The van der Waals surface area contributed by atoms with E-state index in [1.807, 2.05) is 24.3 Å². The first-order valence-electron chi connectivity index (χ1n) is 9.51. The minimum absolute atomic E-state index is 0.210. The van der Waals surface area contributed by atoms with Gasteiger partial charge in [-0.2, -0.15) is 4.31 Å². The smallest absolute Gasteiger partial charge is 0.251 e. The first-order chi connectivity index (χ1) is 14.0. The zero-order valence-corrected chi connectivity index (χ0v) is 17.4. The molecule has 0 aromatic heterocycles. The molecule has 0 bridgehead atoms. The molecule has 0 saturated carbocycles. The Balaban J connectivity index is 1.64. The largest absolute Gasteiger partial charge is 0.497 e. The molecule has 1 N–H and O–H groups in total. The first kappa shape index (κ1) is 21.3. The maximum absolute atomic E-state index is 12.6. The summed E-state index contributed by atoms with van der Waals surface area (Å²) in [6.45, 7) is 1.37. The molecule has 0 radical (unpaired) electrons. The van der Waals surface area contributed by atoms with Gasteiger partial charge in [0.2, 0.25) is 10.0 Å². The summed E-state index contributed by atoms with van der Waals surface area (Å²) in [6.07, 6.45) is 1.44. The second-order valence-electron chi connectivity index (χ2n) is 6.85. The summed E-state index contributed by atoms with van der Waals surface area (Å²) in [4.78, 5) is 12.7. The Bertz CT molecular complexity index is 938. The lowest BCUT2D eigenvalue weighted by Gasteiger charge is -2.18. The lowest BCUT2D eigenvalue weighted by molar-refractivity contribution is 0.0827. The van der Waals surface area contributed by atoms with Gasteiger partial charge in [0.25, 0.3) is 5.91 Å². The first-order valence-corrected chi connectivity index (χ1v) is 10.9. The van der Waals surface area contributed by atoms with Crippen LogP contribution in [0.5, 0.6) is 5.75 Å². The van der Waals surface area contributed by atoms with Crippen LogP contribution in [0.1, 0.15) is 34.9 Å². The molecule has 29 heavy (non-hydrogen) atoms. The van der Waals surface area contributed by atoms with Crippen molar-refractivity contribution in [1.82, 2.24) is 9.62 Å². The Morgan fingerprint density at radius 1 is 1.10 bits per heavy atom. The average molecular weight is 419 g/mol.